The summed E-state index contributed by atoms with van der Waals surface area (Å²) in [7, 11) is 1.65. The lowest BCUT2D eigenvalue weighted by atomic mass is 10.1. The number of ketones is 1. The SMILES string of the molecule is C=CC(=O)c1ccc(N(C)C=O)cc1. The highest BCUT2D eigenvalue weighted by Crippen LogP contribution is 2.12. The first-order chi connectivity index (χ1) is 6.69. The number of carbonyl (C=O) groups is 2. The number of hydrogen-bond donors (Lipinski definition) is 0. The summed E-state index contributed by atoms with van der Waals surface area (Å²) in [6.45, 7) is 3.39. The predicted molar refractivity (Wildman–Crippen MR) is 55.4 cm³/mol. The molecule has 0 unspecified atom stereocenters. The summed E-state index contributed by atoms with van der Waals surface area (Å²) in [4.78, 5) is 23.0. The molecule has 0 saturated carbocycles. The van der Waals surface area contributed by atoms with Gasteiger partial charge in [0.15, 0.2) is 5.78 Å². The lowest BCUT2D eigenvalue weighted by Crippen LogP contribution is -2.13. The average Bonchev–Trinajstić information content (AvgIpc) is 2.27. The molecule has 0 bridgehead atoms. The molecule has 1 rings (SSSR count). The Morgan fingerprint density at radius 2 is 1.93 bits per heavy atom. The highest BCUT2D eigenvalue weighted by Gasteiger charge is 2.02. The molecular weight excluding hydrogens is 178 g/mol. The van der Waals surface area contributed by atoms with Crippen molar-refractivity contribution in [3.05, 3.63) is 42.5 Å². The molecule has 3 nitrogen and oxygen atoms in total. The minimum absolute atomic E-state index is 0.120. The fourth-order valence-electron chi connectivity index (χ4n) is 1.04. The van der Waals surface area contributed by atoms with Gasteiger partial charge in [0.05, 0.1) is 0 Å². The van der Waals surface area contributed by atoms with Gasteiger partial charge in [-0.2, -0.15) is 0 Å². The van der Waals surface area contributed by atoms with Crippen molar-refractivity contribution < 1.29 is 9.59 Å². The molecule has 0 saturated heterocycles. The molecule has 0 aliphatic rings. The molecule has 0 radical (unpaired) electrons. The Balaban J connectivity index is 2.93. The van der Waals surface area contributed by atoms with Crippen LogP contribution >= 0.6 is 0 Å². The molecule has 1 aromatic carbocycles. The van der Waals surface area contributed by atoms with E-state index < -0.39 is 0 Å². The van der Waals surface area contributed by atoms with Crippen LogP contribution in [0.15, 0.2) is 36.9 Å². The molecule has 0 spiro atoms. The normalized spacial score (nSPS) is 9.21. The van der Waals surface area contributed by atoms with Crippen LogP contribution in [0.5, 0.6) is 0 Å². The zero-order chi connectivity index (χ0) is 10.6. The molecule has 0 aromatic heterocycles. The van der Waals surface area contributed by atoms with Gasteiger partial charge in [-0.05, 0) is 30.3 Å². The van der Waals surface area contributed by atoms with Crippen LogP contribution in [0.3, 0.4) is 0 Å². The number of amides is 1. The number of rotatable bonds is 4. The van der Waals surface area contributed by atoms with E-state index in [1.807, 2.05) is 0 Å². The number of allylic oxidation sites excluding steroid dienone is 1. The fraction of sp³-hybridized carbons (Fsp3) is 0.0909. The Bertz CT molecular complexity index is 354. The number of hydrogen-bond acceptors (Lipinski definition) is 2. The summed E-state index contributed by atoms with van der Waals surface area (Å²) in [5.74, 6) is -0.120. The molecule has 1 aromatic rings. The van der Waals surface area contributed by atoms with E-state index in [0.717, 1.165) is 5.69 Å². The standard InChI is InChI=1S/C11H11NO2/c1-3-11(14)9-4-6-10(7-5-9)12(2)8-13/h3-8H,1H2,2H3. The van der Waals surface area contributed by atoms with Gasteiger partial charge in [-0.3, -0.25) is 9.59 Å². The van der Waals surface area contributed by atoms with E-state index in [1.165, 1.54) is 11.0 Å². The molecule has 0 heterocycles. The quantitative estimate of drug-likeness (QED) is 0.410. The average molecular weight is 189 g/mol. The molecule has 0 atom stereocenters. The molecule has 3 heteroatoms. The van der Waals surface area contributed by atoms with Gasteiger partial charge in [-0.15, -0.1) is 0 Å². The number of benzene rings is 1. The Morgan fingerprint density at radius 3 is 2.36 bits per heavy atom. The Morgan fingerprint density at radius 1 is 1.36 bits per heavy atom. The van der Waals surface area contributed by atoms with E-state index in [1.54, 1.807) is 31.3 Å². The van der Waals surface area contributed by atoms with Crippen molar-refractivity contribution in [3.63, 3.8) is 0 Å². The first kappa shape index (κ1) is 10.2. The maximum absolute atomic E-state index is 11.2. The zero-order valence-corrected chi connectivity index (χ0v) is 7.93. The zero-order valence-electron chi connectivity index (χ0n) is 7.93. The molecular formula is C11H11NO2. The van der Waals surface area contributed by atoms with Gasteiger partial charge in [-0.1, -0.05) is 6.58 Å². The second-order valence-electron chi connectivity index (χ2n) is 2.83. The van der Waals surface area contributed by atoms with Gasteiger partial charge in [-0.25, -0.2) is 0 Å². The van der Waals surface area contributed by atoms with Gasteiger partial charge >= 0.3 is 0 Å². The van der Waals surface area contributed by atoms with Gasteiger partial charge in [0.2, 0.25) is 6.41 Å². The summed E-state index contributed by atoms with van der Waals surface area (Å²) >= 11 is 0. The van der Waals surface area contributed by atoms with Crippen molar-refractivity contribution in [3.8, 4) is 0 Å². The van der Waals surface area contributed by atoms with Gasteiger partial charge in [0, 0.05) is 18.3 Å². The summed E-state index contributed by atoms with van der Waals surface area (Å²) in [5.41, 5.74) is 1.32. The van der Waals surface area contributed by atoms with Crippen molar-refractivity contribution in [1.29, 1.82) is 0 Å². The van der Waals surface area contributed by atoms with Gasteiger partial charge in [0.1, 0.15) is 0 Å². The molecule has 0 aliphatic heterocycles. The van der Waals surface area contributed by atoms with Crippen molar-refractivity contribution in [2.45, 2.75) is 0 Å². The third kappa shape index (κ3) is 2.07. The van der Waals surface area contributed by atoms with E-state index >= 15 is 0 Å². The molecule has 0 aliphatic carbocycles. The van der Waals surface area contributed by atoms with E-state index in [4.69, 9.17) is 0 Å². The summed E-state index contributed by atoms with van der Waals surface area (Å²) < 4.78 is 0. The second-order valence-corrected chi connectivity index (χ2v) is 2.83. The maximum Gasteiger partial charge on any atom is 0.213 e. The topological polar surface area (TPSA) is 37.4 Å². The Hall–Kier alpha value is -1.90. The predicted octanol–water partition coefficient (Wildman–Crippen LogP) is 1.65. The lowest BCUT2D eigenvalue weighted by Gasteiger charge is -2.10. The molecule has 1 amide bonds. The van der Waals surface area contributed by atoms with E-state index in [2.05, 4.69) is 6.58 Å². The van der Waals surface area contributed by atoms with Gasteiger partial charge in [0.25, 0.3) is 0 Å². The van der Waals surface area contributed by atoms with E-state index in [0.29, 0.717) is 12.0 Å². The third-order valence-electron chi connectivity index (χ3n) is 1.90. The van der Waals surface area contributed by atoms with Crippen LogP contribution in [0.25, 0.3) is 0 Å². The summed E-state index contributed by atoms with van der Waals surface area (Å²) in [6.07, 6.45) is 1.97. The van der Waals surface area contributed by atoms with E-state index in [9.17, 15) is 9.59 Å². The first-order valence-electron chi connectivity index (χ1n) is 4.14. The Labute approximate surface area is 82.6 Å². The summed E-state index contributed by atoms with van der Waals surface area (Å²) in [5, 5.41) is 0. The number of nitrogens with zero attached hydrogens (tertiary/aromatic N) is 1. The van der Waals surface area contributed by atoms with Crippen molar-refractivity contribution >= 4 is 17.9 Å². The maximum atomic E-state index is 11.2. The molecule has 0 fully saturated rings. The van der Waals surface area contributed by atoms with Crippen LogP contribution in [0, 0.1) is 0 Å². The van der Waals surface area contributed by atoms with E-state index in [-0.39, 0.29) is 5.78 Å². The van der Waals surface area contributed by atoms with Crippen LogP contribution in [0.1, 0.15) is 10.4 Å². The second kappa shape index (κ2) is 4.37. The smallest absolute Gasteiger partial charge is 0.213 e. The summed E-state index contributed by atoms with van der Waals surface area (Å²) in [6, 6.07) is 6.76. The van der Waals surface area contributed by atoms with Crippen LogP contribution in [0.4, 0.5) is 5.69 Å². The van der Waals surface area contributed by atoms with Crippen molar-refractivity contribution in [2.24, 2.45) is 0 Å². The van der Waals surface area contributed by atoms with Crippen LogP contribution in [-0.2, 0) is 4.79 Å². The molecule has 72 valence electrons. The third-order valence-corrected chi connectivity index (χ3v) is 1.90. The highest BCUT2D eigenvalue weighted by atomic mass is 16.1. The lowest BCUT2D eigenvalue weighted by molar-refractivity contribution is -0.107. The van der Waals surface area contributed by atoms with Crippen LogP contribution in [0.2, 0.25) is 0 Å². The number of anilines is 1. The van der Waals surface area contributed by atoms with Crippen LogP contribution in [-0.4, -0.2) is 19.2 Å². The van der Waals surface area contributed by atoms with Crippen molar-refractivity contribution in [1.82, 2.24) is 0 Å². The first-order valence-corrected chi connectivity index (χ1v) is 4.14. The number of carbonyl (C=O) groups excluding carboxylic acids is 2. The van der Waals surface area contributed by atoms with Crippen molar-refractivity contribution in [2.75, 3.05) is 11.9 Å². The molecule has 0 N–H and O–H groups in total. The monoisotopic (exact) mass is 189 g/mol. The minimum atomic E-state index is -0.120. The highest BCUT2D eigenvalue weighted by molar-refractivity contribution is 6.04. The fourth-order valence-corrected chi connectivity index (χ4v) is 1.04. The van der Waals surface area contributed by atoms with Crippen LogP contribution < -0.4 is 4.90 Å². The largest absolute Gasteiger partial charge is 0.318 e. The molecule has 14 heavy (non-hydrogen) atoms. The Kier molecular flexibility index (Phi) is 3.18. The minimum Gasteiger partial charge on any atom is -0.318 e. The van der Waals surface area contributed by atoms with Gasteiger partial charge < -0.3 is 4.90 Å².